The Hall–Kier alpha value is -1.76. The first-order valence-corrected chi connectivity index (χ1v) is 8.94. The Morgan fingerprint density at radius 2 is 1.77 bits per heavy atom. The molecular formula is C15H23NO5S. The number of sulfonamides is 1. The molecule has 0 unspecified atom stereocenters. The molecule has 0 N–H and O–H groups in total. The smallest absolute Gasteiger partial charge is 0.326 e. The highest BCUT2D eigenvalue weighted by atomic mass is 32.2. The van der Waals surface area contributed by atoms with E-state index in [0.29, 0.717) is 18.0 Å². The van der Waals surface area contributed by atoms with Gasteiger partial charge in [0.25, 0.3) is 0 Å². The largest absolute Gasteiger partial charge is 0.494 e. The van der Waals surface area contributed by atoms with Crippen molar-refractivity contribution in [3.63, 3.8) is 0 Å². The van der Waals surface area contributed by atoms with E-state index in [0.717, 1.165) is 10.7 Å². The van der Waals surface area contributed by atoms with Crippen LogP contribution in [0.5, 0.6) is 5.75 Å². The number of nitrogens with zero attached hydrogens (tertiary/aromatic N) is 1. The van der Waals surface area contributed by atoms with Crippen LogP contribution >= 0.6 is 0 Å². The van der Waals surface area contributed by atoms with Crippen LogP contribution in [0.25, 0.3) is 0 Å². The van der Waals surface area contributed by atoms with E-state index in [9.17, 15) is 13.2 Å². The minimum absolute atomic E-state index is 0.0967. The first-order valence-electron chi connectivity index (χ1n) is 7.33. The lowest BCUT2D eigenvalue weighted by Gasteiger charge is -2.23. The van der Waals surface area contributed by atoms with Gasteiger partial charge in [-0.1, -0.05) is 6.92 Å². The van der Waals surface area contributed by atoms with E-state index in [1.807, 2.05) is 6.92 Å². The minimum Gasteiger partial charge on any atom is -0.494 e. The molecule has 0 spiro atoms. The Labute approximate surface area is 132 Å². The molecule has 22 heavy (non-hydrogen) atoms. The van der Waals surface area contributed by atoms with Crippen molar-refractivity contribution in [3.8, 4) is 5.75 Å². The van der Waals surface area contributed by atoms with Crippen LogP contribution in [0.1, 0.15) is 27.2 Å². The average molecular weight is 329 g/mol. The second kappa shape index (κ2) is 8.63. The van der Waals surface area contributed by atoms with Crippen molar-refractivity contribution in [1.29, 1.82) is 0 Å². The van der Waals surface area contributed by atoms with E-state index in [2.05, 4.69) is 0 Å². The number of carbonyl (C=O) groups excluding carboxylic acids is 1. The molecule has 1 aromatic carbocycles. The Bertz CT molecular complexity index is 568. The number of esters is 1. The standard InChI is InChI=1S/C15H23NO5S/c1-4-11-21-14-9-7-13(8-10-14)16(22(18,19)6-3)12-15(17)20-5-2/h7-10H,4-6,11-12H2,1-3H3. The van der Waals surface area contributed by atoms with Crippen LogP contribution in [0, 0.1) is 0 Å². The highest BCUT2D eigenvalue weighted by Gasteiger charge is 2.24. The lowest BCUT2D eigenvalue weighted by Crippen LogP contribution is -2.37. The number of ether oxygens (including phenoxy) is 2. The molecular weight excluding hydrogens is 306 g/mol. The molecule has 0 radical (unpaired) electrons. The molecule has 0 fully saturated rings. The zero-order valence-electron chi connectivity index (χ0n) is 13.2. The predicted molar refractivity (Wildman–Crippen MR) is 85.7 cm³/mol. The maximum absolute atomic E-state index is 12.2. The van der Waals surface area contributed by atoms with Crippen LogP contribution in [0.2, 0.25) is 0 Å². The molecule has 6 nitrogen and oxygen atoms in total. The van der Waals surface area contributed by atoms with Crippen molar-refractivity contribution in [2.24, 2.45) is 0 Å². The van der Waals surface area contributed by atoms with Gasteiger partial charge in [-0.3, -0.25) is 9.10 Å². The molecule has 0 saturated carbocycles. The molecule has 0 heterocycles. The fourth-order valence-corrected chi connectivity index (χ4v) is 2.82. The van der Waals surface area contributed by atoms with Gasteiger partial charge in [0.1, 0.15) is 12.3 Å². The molecule has 7 heteroatoms. The zero-order valence-corrected chi connectivity index (χ0v) is 14.1. The Kier molecular flexibility index (Phi) is 7.17. The monoisotopic (exact) mass is 329 g/mol. The van der Waals surface area contributed by atoms with Gasteiger partial charge in [-0.05, 0) is 44.5 Å². The van der Waals surface area contributed by atoms with Crippen molar-refractivity contribution in [3.05, 3.63) is 24.3 Å². The van der Waals surface area contributed by atoms with Crippen LogP contribution in [0.4, 0.5) is 5.69 Å². The van der Waals surface area contributed by atoms with E-state index >= 15 is 0 Å². The molecule has 0 aliphatic heterocycles. The van der Waals surface area contributed by atoms with Crippen molar-refractivity contribution < 1.29 is 22.7 Å². The van der Waals surface area contributed by atoms with Crippen molar-refractivity contribution in [1.82, 2.24) is 0 Å². The molecule has 0 bridgehead atoms. The summed E-state index contributed by atoms with van der Waals surface area (Å²) in [5, 5.41) is 0. The van der Waals surface area contributed by atoms with E-state index < -0.39 is 16.0 Å². The summed E-state index contributed by atoms with van der Waals surface area (Å²) in [6.45, 7) is 5.69. The number of benzene rings is 1. The highest BCUT2D eigenvalue weighted by Crippen LogP contribution is 2.22. The third-order valence-corrected chi connectivity index (χ3v) is 4.62. The van der Waals surface area contributed by atoms with E-state index in [4.69, 9.17) is 9.47 Å². The summed E-state index contributed by atoms with van der Waals surface area (Å²) < 4.78 is 35.7. The molecule has 0 aliphatic rings. The maximum Gasteiger partial charge on any atom is 0.326 e. The van der Waals surface area contributed by atoms with E-state index in [-0.39, 0.29) is 18.9 Å². The fourth-order valence-electron chi connectivity index (χ4n) is 1.76. The van der Waals surface area contributed by atoms with Gasteiger partial charge in [-0.2, -0.15) is 0 Å². The molecule has 1 aromatic rings. The maximum atomic E-state index is 12.2. The Balaban J connectivity index is 2.98. The second-order valence-electron chi connectivity index (χ2n) is 4.55. The first kappa shape index (κ1) is 18.3. The van der Waals surface area contributed by atoms with Crippen LogP contribution < -0.4 is 9.04 Å². The van der Waals surface area contributed by atoms with Crippen molar-refractivity contribution in [2.45, 2.75) is 27.2 Å². The van der Waals surface area contributed by atoms with Gasteiger partial charge in [0, 0.05) is 0 Å². The minimum atomic E-state index is -3.56. The summed E-state index contributed by atoms with van der Waals surface area (Å²) in [5.41, 5.74) is 0.416. The lowest BCUT2D eigenvalue weighted by molar-refractivity contribution is -0.141. The Morgan fingerprint density at radius 3 is 2.27 bits per heavy atom. The topological polar surface area (TPSA) is 72.9 Å². The zero-order chi connectivity index (χ0) is 16.6. The number of carbonyl (C=O) groups is 1. The highest BCUT2D eigenvalue weighted by molar-refractivity contribution is 7.92. The molecule has 0 atom stereocenters. The van der Waals surface area contributed by atoms with Gasteiger partial charge in [-0.15, -0.1) is 0 Å². The molecule has 124 valence electrons. The van der Waals surface area contributed by atoms with E-state index in [1.54, 1.807) is 31.2 Å². The number of anilines is 1. The molecule has 1 rings (SSSR count). The third-order valence-electron chi connectivity index (χ3n) is 2.88. The van der Waals surface area contributed by atoms with Crippen molar-refractivity contribution in [2.75, 3.05) is 29.8 Å². The molecule has 0 saturated heterocycles. The first-order chi connectivity index (χ1) is 10.4. The van der Waals surface area contributed by atoms with Gasteiger partial charge in [0.05, 0.1) is 24.7 Å². The fraction of sp³-hybridized carbons (Fsp3) is 0.533. The number of hydrogen-bond acceptors (Lipinski definition) is 5. The SMILES string of the molecule is CCCOc1ccc(N(CC(=O)OCC)S(=O)(=O)CC)cc1. The summed E-state index contributed by atoms with van der Waals surface area (Å²) in [6.07, 6.45) is 0.890. The van der Waals surface area contributed by atoms with Gasteiger partial charge in [0.2, 0.25) is 10.0 Å². The Morgan fingerprint density at radius 1 is 1.14 bits per heavy atom. The quantitative estimate of drug-likeness (QED) is 0.649. The van der Waals surface area contributed by atoms with Crippen LogP contribution in [-0.4, -0.2) is 39.9 Å². The average Bonchev–Trinajstić information content (AvgIpc) is 2.51. The summed E-state index contributed by atoms with van der Waals surface area (Å²) in [7, 11) is -3.56. The van der Waals surface area contributed by atoms with Gasteiger partial charge in [-0.25, -0.2) is 8.42 Å². The second-order valence-corrected chi connectivity index (χ2v) is 6.74. The summed E-state index contributed by atoms with van der Waals surface area (Å²) in [4.78, 5) is 11.6. The number of hydrogen-bond donors (Lipinski definition) is 0. The van der Waals surface area contributed by atoms with E-state index in [1.165, 1.54) is 6.92 Å². The normalized spacial score (nSPS) is 11.0. The molecule has 0 aromatic heterocycles. The lowest BCUT2D eigenvalue weighted by atomic mass is 10.3. The van der Waals surface area contributed by atoms with Crippen LogP contribution in [-0.2, 0) is 19.6 Å². The summed E-state index contributed by atoms with van der Waals surface area (Å²) >= 11 is 0. The predicted octanol–water partition coefficient (Wildman–Crippen LogP) is 2.19. The van der Waals surface area contributed by atoms with Crippen LogP contribution in [0.15, 0.2) is 24.3 Å². The third kappa shape index (κ3) is 5.22. The molecule has 0 amide bonds. The summed E-state index contributed by atoms with van der Waals surface area (Å²) in [6, 6.07) is 6.62. The van der Waals surface area contributed by atoms with Crippen LogP contribution in [0.3, 0.4) is 0 Å². The van der Waals surface area contributed by atoms with Gasteiger partial charge < -0.3 is 9.47 Å². The van der Waals surface area contributed by atoms with Gasteiger partial charge >= 0.3 is 5.97 Å². The summed E-state index contributed by atoms with van der Waals surface area (Å²) in [5.74, 6) is -0.0121. The van der Waals surface area contributed by atoms with Gasteiger partial charge in [0.15, 0.2) is 0 Å². The number of rotatable bonds is 9. The molecule has 0 aliphatic carbocycles. The van der Waals surface area contributed by atoms with Crippen molar-refractivity contribution >= 4 is 21.7 Å².